The van der Waals surface area contributed by atoms with Crippen molar-refractivity contribution in [3.8, 4) is 0 Å². The van der Waals surface area contributed by atoms with Crippen molar-refractivity contribution >= 4 is 55.6 Å². The first kappa shape index (κ1) is 34.7. The number of nitrogens with one attached hydrogen (secondary N) is 1. The Morgan fingerprint density at radius 1 is 0.935 bits per heavy atom. The van der Waals surface area contributed by atoms with E-state index in [2.05, 4.69) is 62.0 Å². The van der Waals surface area contributed by atoms with Gasteiger partial charge in [0.15, 0.2) is 6.10 Å². The van der Waals surface area contributed by atoms with Gasteiger partial charge in [0.2, 0.25) is 0 Å². The third-order valence-corrected chi connectivity index (χ3v) is 11.8. The van der Waals surface area contributed by atoms with E-state index in [0.29, 0.717) is 57.9 Å². The molecule has 3 heterocycles. The van der Waals surface area contributed by atoms with Crippen molar-refractivity contribution < 1.29 is 19.1 Å². The van der Waals surface area contributed by atoms with Crippen molar-refractivity contribution in [2.75, 3.05) is 57.7 Å². The van der Waals surface area contributed by atoms with E-state index in [4.69, 9.17) is 4.74 Å². The van der Waals surface area contributed by atoms with Crippen molar-refractivity contribution in [3.05, 3.63) is 62.5 Å². The van der Waals surface area contributed by atoms with Crippen LogP contribution in [0.4, 0.5) is 15.3 Å². The van der Waals surface area contributed by atoms with Gasteiger partial charge in [0.05, 0.1) is 0 Å². The molecule has 250 valence electrons. The van der Waals surface area contributed by atoms with E-state index >= 15 is 0 Å². The maximum absolute atomic E-state index is 13.9. The Bertz CT molecular complexity index is 1360. The Hall–Kier alpha value is -2.63. The lowest BCUT2D eigenvalue weighted by molar-refractivity contribution is -0.142. The molecule has 1 atom stereocenters. The highest BCUT2D eigenvalue weighted by Crippen LogP contribution is 2.28. The summed E-state index contributed by atoms with van der Waals surface area (Å²) in [5.41, 5.74) is 2.92. The van der Waals surface area contributed by atoms with E-state index in [1.807, 2.05) is 46.2 Å². The average Bonchev–Trinajstić information content (AvgIpc) is 3.24. The van der Waals surface area contributed by atoms with E-state index in [1.165, 1.54) is 0 Å². The van der Waals surface area contributed by atoms with Gasteiger partial charge in [-0.05, 0) is 125 Å². The number of piperidine rings is 2. The maximum Gasteiger partial charge on any atom is 0.410 e. The quantitative estimate of drug-likeness (QED) is 0.289. The Morgan fingerprint density at radius 2 is 1.63 bits per heavy atom. The van der Waals surface area contributed by atoms with Crippen LogP contribution >= 0.6 is 31.9 Å². The van der Waals surface area contributed by atoms with E-state index < -0.39 is 12.2 Å². The molecule has 1 N–H and O–H groups in total. The molecular formula is C35H47Br2N5O4. The topological polar surface area (TPSA) is 85.4 Å². The number of halogens is 2. The fraction of sp³-hybridized carbons (Fsp3) is 0.571. The van der Waals surface area contributed by atoms with E-state index in [1.54, 1.807) is 4.90 Å². The third kappa shape index (κ3) is 8.83. The molecule has 11 heteroatoms. The first-order chi connectivity index (χ1) is 22.2. The summed E-state index contributed by atoms with van der Waals surface area (Å²) >= 11 is 7.09. The number of likely N-dealkylation sites (tertiary alicyclic amines) is 2. The number of benzene rings is 2. The molecule has 1 unspecified atom stereocenters. The molecule has 2 saturated heterocycles. The standard InChI is InChI=1S/C35H47Br2N5O4/c1-3-39(4-2)17-11-25-12-18-40(19-13-25)33(43)32(24-26-9-10-29(36)30(37)23-26)46-35(45)41-20-15-28(16-21-41)42-22-14-27-7-5-6-8-31(27)38-34(42)44/h5-10,23,25,28,32H,3-4,11-22,24H2,1-2H3,(H,38,44). The van der Waals surface area contributed by atoms with Gasteiger partial charge in [-0.25, -0.2) is 9.59 Å². The molecule has 9 nitrogen and oxygen atoms in total. The Balaban J connectivity index is 1.18. The number of hydrogen-bond acceptors (Lipinski definition) is 5. The lowest BCUT2D eigenvalue weighted by atomic mass is 9.92. The highest BCUT2D eigenvalue weighted by atomic mass is 79.9. The number of ether oxygens (including phenoxy) is 1. The van der Waals surface area contributed by atoms with Gasteiger partial charge in [-0.15, -0.1) is 0 Å². The summed E-state index contributed by atoms with van der Waals surface area (Å²) in [6.07, 6.45) is 4.16. The second kappa shape index (κ2) is 16.5. The summed E-state index contributed by atoms with van der Waals surface area (Å²) in [5.74, 6) is 0.486. The van der Waals surface area contributed by atoms with Crippen molar-refractivity contribution in [1.82, 2.24) is 19.6 Å². The molecule has 3 aliphatic rings. The van der Waals surface area contributed by atoms with Crippen LogP contribution in [0, 0.1) is 5.92 Å². The monoisotopic (exact) mass is 759 g/mol. The summed E-state index contributed by atoms with van der Waals surface area (Å²) in [6.45, 7) is 10.6. The molecule has 2 fully saturated rings. The Labute approximate surface area is 290 Å². The maximum atomic E-state index is 13.9. The molecule has 0 saturated carbocycles. The normalized spacial score (nSPS) is 18.6. The summed E-state index contributed by atoms with van der Waals surface area (Å²) < 4.78 is 7.86. The van der Waals surface area contributed by atoms with Gasteiger partial charge in [0, 0.05) is 59.8 Å². The number of carbonyl (C=O) groups is 3. The van der Waals surface area contributed by atoms with E-state index in [9.17, 15) is 14.4 Å². The molecule has 4 amide bonds. The van der Waals surface area contributed by atoms with Crippen LogP contribution in [0.1, 0.15) is 57.1 Å². The van der Waals surface area contributed by atoms with Gasteiger partial charge >= 0.3 is 12.1 Å². The van der Waals surface area contributed by atoms with Gasteiger partial charge < -0.3 is 29.7 Å². The number of carbonyl (C=O) groups excluding carboxylic acids is 3. The Morgan fingerprint density at radius 3 is 2.33 bits per heavy atom. The zero-order valence-electron chi connectivity index (χ0n) is 27.1. The first-order valence-electron chi connectivity index (χ1n) is 16.8. The molecule has 0 aliphatic carbocycles. The second-order valence-corrected chi connectivity index (χ2v) is 14.4. The number of para-hydroxylation sites is 1. The first-order valence-corrected chi connectivity index (χ1v) is 18.4. The lowest BCUT2D eigenvalue weighted by Crippen LogP contribution is -2.51. The van der Waals surface area contributed by atoms with Crippen molar-refractivity contribution in [2.45, 2.75) is 70.9 Å². The highest BCUT2D eigenvalue weighted by molar-refractivity contribution is 9.13. The second-order valence-electron chi connectivity index (χ2n) is 12.7. The van der Waals surface area contributed by atoms with E-state index in [-0.39, 0.29) is 18.0 Å². The van der Waals surface area contributed by atoms with Crippen LogP contribution in [0.5, 0.6) is 0 Å². The highest BCUT2D eigenvalue weighted by Gasteiger charge is 2.35. The molecule has 0 aromatic heterocycles. The Kier molecular flexibility index (Phi) is 12.4. The zero-order valence-corrected chi connectivity index (χ0v) is 30.2. The van der Waals surface area contributed by atoms with E-state index in [0.717, 1.165) is 71.1 Å². The largest absolute Gasteiger partial charge is 0.436 e. The fourth-order valence-electron chi connectivity index (χ4n) is 6.91. The van der Waals surface area contributed by atoms with Crippen LogP contribution in [-0.2, 0) is 22.4 Å². The van der Waals surface area contributed by atoms with Gasteiger partial charge in [0.25, 0.3) is 5.91 Å². The molecule has 2 aromatic carbocycles. The number of fused-ring (bicyclic) bond motifs is 1. The zero-order chi connectivity index (χ0) is 32.6. The molecule has 5 rings (SSSR count). The van der Waals surface area contributed by atoms with Crippen molar-refractivity contribution in [2.24, 2.45) is 5.92 Å². The minimum Gasteiger partial charge on any atom is -0.436 e. The van der Waals surface area contributed by atoms with Crippen LogP contribution in [0.3, 0.4) is 0 Å². The number of anilines is 1. The van der Waals surface area contributed by atoms with Crippen LogP contribution in [0.25, 0.3) is 0 Å². The lowest BCUT2D eigenvalue weighted by Gasteiger charge is -2.38. The molecule has 46 heavy (non-hydrogen) atoms. The SMILES string of the molecule is CCN(CC)CCC1CCN(C(=O)C(Cc2ccc(Br)c(Br)c2)OC(=O)N2CCC(N3CCc4ccccc4NC3=O)CC2)CC1. The fourth-order valence-corrected chi connectivity index (χ4v) is 7.58. The van der Waals surface area contributed by atoms with Gasteiger partial charge in [-0.1, -0.05) is 38.1 Å². The van der Waals surface area contributed by atoms with Gasteiger partial charge in [-0.3, -0.25) is 4.79 Å². The minimum atomic E-state index is -0.902. The van der Waals surface area contributed by atoms with Crippen LogP contribution in [0.15, 0.2) is 51.4 Å². The van der Waals surface area contributed by atoms with Crippen LogP contribution in [0.2, 0.25) is 0 Å². The number of amides is 4. The smallest absolute Gasteiger partial charge is 0.410 e. The minimum absolute atomic E-state index is 0.0407. The molecule has 0 radical (unpaired) electrons. The third-order valence-electron chi connectivity index (χ3n) is 9.90. The predicted octanol–water partition coefficient (Wildman–Crippen LogP) is 6.78. The summed E-state index contributed by atoms with van der Waals surface area (Å²) in [4.78, 5) is 48.4. The predicted molar refractivity (Wildman–Crippen MR) is 188 cm³/mol. The molecule has 0 spiro atoms. The van der Waals surface area contributed by atoms with Gasteiger partial charge in [-0.2, -0.15) is 0 Å². The van der Waals surface area contributed by atoms with Crippen LogP contribution in [-0.4, -0.2) is 102 Å². The molecular weight excluding hydrogens is 714 g/mol. The van der Waals surface area contributed by atoms with Crippen LogP contribution < -0.4 is 5.32 Å². The van der Waals surface area contributed by atoms with Crippen molar-refractivity contribution in [1.29, 1.82) is 0 Å². The summed E-state index contributed by atoms with van der Waals surface area (Å²) in [5, 5.41) is 3.06. The van der Waals surface area contributed by atoms with Gasteiger partial charge in [0.1, 0.15) is 0 Å². The molecule has 2 aromatic rings. The average molecular weight is 762 g/mol. The summed E-state index contributed by atoms with van der Waals surface area (Å²) in [6, 6.07) is 13.7. The molecule has 0 bridgehead atoms. The summed E-state index contributed by atoms with van der Waals surface area (Å²) in [7, 11) is 0. The number of urea groups is 1. The molecule has 3 aliphatic heterocycles. The number of hydrogen-bond donors (Lipinski definition) is 1. The number of rotatable bonds is 10. The van der Waals surface area contributed by atoms with Crippen molar-refractivity contribution in [3.63, 3.8) is 0 Å². The number of nitrogens with zero attached hydrogens (tertiary/aromatic N) is 4.